The largest absolute Gasteiger partial charge is 0.302 e. The van der Waals surface area contributed by atoms with E-state index in [0.29, 0.717) is 11.3 Å². The van der Waals surface area contributed by atoms with Gasteiger partial charge >= 0.3 is 0 Å². The summed E-state index contributed by atoms with van der Waals surface area (Å²) >= 11 is 1.46. The van der Waals surface area contributed by atoms with Crippen molar-refractivity contribution in [2.45, 2.75) is 24.4 Å². The lowest BCUT2D eigenvalue weighted by Gasteiger charge is -2.07. The number of nitro benzene ring substituents is 1. The van der Waals surface area contributed by atoms with E-state index in [1.165, 1.54) is 17.8 Å². The van der Waals surface area contributed by atoms with E-state index in [1.807, 2.05) is 47.9 Å². The second kappa shape index (κ2) is 7.27. The predicted molar refractivity (Wildman–Crippen MR) is 93.8 cm³/mol. The van der Waals surface area contributed by atoms with Crippen molar-refractivity contribution >= 4 is 17.4 Å². The highest BCUT2D eigenvalue weighted by Gasteiger charge is 2.16. The highest BCUT2D eigenvalue weighted by atomic mass is 32.2. The minimum Gasteiger partial charge on any atom is -0.302 e. The zero-order valence-corrected chi connectivity index (χ0v) is 13.9. The van der Waals surface area contributed by atoms with Gasteiger partial charge in [0, 0.05) is 29.5 Å². The van der Waals surface area contributed by atoms with Gasteiger partial charge < -0.3 is 4.57 Å². The van der Waals surface area contributed by atoms with Crippen molar-refractivity contribution in [3.63, 3.8) is 0 Å². The normalized spacial score (nSPS) is 10.7. The van der Waals surface area contributed by atoms with Crippen LogP contribution in [-0.2, 0) is 12.3 Å². The Labute approximate surface area is 143 Å². The third-order valence-electron chi connectivity index (χ3n) is 3.61. The Morgan fingerprint density at radius 1 is 1.08 bits per heavy atom. The van der Waals surface area contributed by atoms with Crippen molar-refractivity contribution < 1.29 is 4.92 Å². The maximum Gasteiger partial charge on any atom is 0.273 e. The number of rotatable bonds is 6. The first-order valence-electron chi connectivity index (χ1n) is 7.54. The topological polar surface area (TPSA) is 73.8 Å². The third-order valence-corrected chi connectivity index (χ3v) is 4.63. The Kier molecular flexibility index (Phi) is 4.90. The van der Waals surface area contributed by atoms with Crippen molar-refractivity contribution in [2.75, 3.05) is 0 Å². The Bertz CT molecular complexity index is 849. The molecule has 1 heterocycles. The van der Waals surface area contributed by atoms with Gasteiger partial charge in [-0.25, -0.2) is 0 Å². The summed E-state index contributed by atoms with van der Waals surface area (Å²) in [6.07, 6.45) is 0. The zero-order valence-electron chi connectivity index (χ0n) is 13.1. The molecule has 6 nitrogen and oxygen atoms in total. The van der Waals surface area contributed by atoms with Crippen molar-refractivity contribution in [1.82, 2.24) is 14.8 Å². The monoisotopic (exact) mass is 340 g/mol. The van der Waals surface area contributed by atoms with E-state index in [9.17, 15) is 10.1 Å². The quantitative estimate of drug-likeness (QED) is 0.382. The van der Waals surface area contributed by atoms with Crippen LogP contribution in [0.15, 0.2) is 59.8 Å². The summed E-state index contributed by atoms with van der Waals surface area (Å²) in [5.41, 5.74) is 1.82. The van der Waals surface area contributed by atoms with Gasteiger partial charge in [-0.15, -0.1) is 10.2 Å². The summed E-state index contributed by atoms with van der Waals surface area (Å²) in [5, 5.41) is 20.4. The number of para-hydroxylation sites is 1. The van der Waals surface area contributed by atoms with Crippen LogP contribution in [0.25, 0.3) is 11.4 Å². The van der Waals surface area contributed by atoms with Gasteiger partial charge in [0.1, 0.15) is 0 Å². The van der Waals surface area contributed by atoms with Crippen LogP contribution in [0.4, 0.5) is 5.69 Å². The molecule has 0 aliphatic heterocycles. The molecule has 0 saturated carbocycles. The van der Waals surface area contributed by atoms with Crippen molar-refractivity contribution in [3.8, 4) is 11.4 Å². The fourth-order valence-corrected chi connectivity index (χ4v) is 3.43. The van der Waals surface area contributed by atoms with Crippen LogP contribution in [0.2, 0.25) is 0 Å². The summed E-state index contributed by atoms with van der Waals surface area (Å²) in [7, 11) is 0. The predicted octanol–water partition coefficient (Wildman–Crippen LogP) is 4.17. The van der Waals surface area contributed by atoms with Crippen LogP contribution in [0, 0.1) is 10.1 Å². The van der Waals surface area contributed by atoms with Gasteiger partial charge in [0.25, 0.3) is 5.69 Å². The number of benzene rings is 2. The molecule has 0 fully saturated rings. The number of nitro groups is 1. The van der Waals surface area contributed by atoms with Crippen LogP contribution in [0.5, 0.6) is 0 Å². The number of hydrogen-bond donors (Lipinski definition) is 0. The molecule has 122 valence electrons. The molecule has 0 atom stereocenters. The summed E-state index contributed by atoms with van der Waals surface area (Å²) in [6.45, 7) is 2.77. The first kappa shape index (κ1) is 16.2. The minimum absolute atomic E-state index is 0.135. The fraction of sp³-hybridized carbons (Fsp3) is 0.176. The van der Waals surface area contributed by atoms with Gasteiger partial charge in [0.05, 0.1) is 4.92 Å². The van der Waals surface area contributed by atoms with E-state index in [-0.39, 0.29) is 10.6 Å². The molecule has 0 aliphatic carbocycles. The van der Waals surface area contributed by atoms with Crippen LogP contribution >= 0.6 is 11.8 Å². The highest BCUT2D eigenvalue weighted by molar-refractivity contribution is 7.98. The maximum absolute atomic E-state index is 11.1. The zero-order chi connectivity index (χ0) is 16.9. The van der Waals surface area contributed by atoms with Gasteiger partial charge in [-0.2, -0.15) is 0 Å². The van der Waals surface area contributed by atoms with Crippen LogP contribution in [0.3, 0.4) is 0 Å². The molecule has 3 rings (SSSR count). The number of aromatic nitrogens is 3. The Morgan fingerprint density at radius 3 is 2.50 bits per heavy atom. The van der Waals surface area contributed by atoms with Crippen molar-refractivity contribution in [3.05, 3.63) is 70.3 Å². The molecule has 7 heteroatoms. The van der Waals surface area contributed by atoms with E-state index < -0.39 is 0 Å². The minimum atomic E-state index is -0.351. The first-order valence-corrected chi connectivity index (χ1v) is 8.53. The SMILES string of the molecule is CCn1c(SCc2ccccc2[N+](=O)[O-])nnc1-c1ccccc1. The van der Waals surface area contributed by atoms with Crippen molar-refractivity contribution in [1.29, 1.82) is 0 Å². The molecule has 0 saturated heterocycles. The van der Waals surface area contributed by atoms with Crippen molar-refractivity contribution in [2.24, 2.45) is 0 Å². The molecule has 0 radical (unpaired) electrons. The summed E-state index contributed by atoms with van der Waals surface area (Å²) in [5.74, 6) is 1.28. The lowest BCUT2D eigenvalue weighted by Crippen LogP contribution is -2.00. The molecule has 0 aliphatic rings. The summed E-state index contributed by atoms with van der Waals surface area (Å²) in [4.78, 5) is 10.8. The Hall–Kier alpha value is -2.67. The van der Waals surface area contributed by atoms with Gasteiger partial charge in [-0.3, -0.25) is 10.1 Å². The number of nitrogens with zero attached hydrogens (tertiary/aromatic N) is 4. The first-order chi connectivity index (χ1) is 11.7. The molecular formula is C17H16N4O2S. The molecule has 24 heavy (non-hydrogen) atoms. The van der Waals surface area contributed by atoms with Crippen LogP contribution in [0.1, 0.15) is 12.5 Å². The van der Waals surface area contributed by atoms with E-state index >= 15 is 0 Å². The molecule has 3 aromatic rings. The summed E-state index contributed by atoms with van der Waals surface area (Å²) < 4.78 is 2.02. The lowest BCUT2D eigenvalue weighted by molar-refractivity contribution is -0.385. The van der Waals surface area contributed by atoms with Gasteiger partial charge in [-0.1, -0.05) is 60.3 Å². The van der Waals surface area contributed by atoms with E-state index in [4.69, 9.17) is 0 Å². The molecule has 2 aromatic carbocycles. The Balaban J connectivity index is 1.85. The Morgan fingerprint density at radius 2 is 1.79 bits per heavy atom. The van der Waals surface area contributed by atoms with Gasteiger partial charge in [0.2, 0.25) is 0 Å². The summed E-state index contributed by atoms with van der Waals surface area (Å²) in [6, 6.07) is 16.6. The molecule has 0 N–H and O–H groups in total. The smallest absolute Gasteiger partial charge is 0.273 e. The fourth-order valence-electron chi connectivity index (χ4n) is 2.43. The third kappa shape index (κ3) is 3.30. The van der Waals surface area contributed by atoms with E-state index in [2.05, 4.69) is 10.2 Å². The highest BCUT2D eigenvalue weighted by Crippen LogP contribution is 2.29. The van der Waals surface area contributed by atoms with E-state index in [0.717, 1.165) is 23.1 Å². The second-order valence-electron chi connectivity index (χ2n) is 5.09. The standard InChI is InChI=1S/C17H16N4O2S/c1-2-20-16(13-8-4-3-5-9-13)18-19-17(20)24-12-14-10-6-7-11-15(14)21(22)23/h3-11H,2,12H2,1H3. The average molecular weight is 340 g/mol. The van der Waals surface area contributed by atoms with Crippen LogP contribution < -0.4 is 0 Å². The van der Waals surface area contributed by atoms with Crippen LogP contribution in [-0.4, -0.2) is 19.7 Å². The van der Waals surface area contributed by atoms with E-state index in [1.54, 1.807) is 12.1 Å². The number of hydrogen-bond acceptors (Lipinski definition) is 5. The molecule has 0 amide bonds. The second-order valence-corrected chi connectivity index (χ2v) is 6.03. The maximum atomic E-state index is 11.1. The molecule has 0 spiro atoms. The average Bonchev–Trinajstić information content (AvgIpc) is 3.03. The molecule has 0 bridgehead atoms. The van der Waals surface area contributed by atoms with Gasteiger partial charge in [0.15, 0.2) is 11.0 Å². The molecule has 1 aromatic heterocycles. The lowest BCUT2D eigenvalue weighted by atomic mass is 10.2. The molecular weight excluding hydrogens is 324 g/mol. The molecule has 0 unspecified atom stereocenters. The number of thioether (sulfide) groups is 1. The van der Waals surface area contributed by atoms with Gasteiger partial charge in [-0.05, 0) is 6.92 Å².